The van der Waals surface area contributed by atoms with Crippen LogP contribution in [-0.4, -0.2) is 37.1 Å². The lowest BCUT2D eigenvalue weighted by Gasteiger charge is -2.02. The molecule has 0 bridgehead atoms. The summed E-state index contributed by atoms with van der Waals surface area (Å²) in [5.41, 5.74) is 1.24. The van der Waals surface area contributed by atoms with Crippen LogP contribution in [0.5, 0.6) is 0 Å². The molecule has 2 aromatic heterocycles. The summed E-state index contributed by atoms with van der Waals surface area (Å²) in [7, 11) is 1.81. The highest BCUT2D eigenvalue weighted by atomic mass is 16.4. The molecule has 0 aliphatic heterocycles. The van der Waals surface area contributed by atoms with Crippen LogP contribution in [0, 0.1) is 0 Å². The minimum Gasteiger partial charge on any atom is -0.480 e. The lowest BCUT2D eigenvalue weighted by molar-refractivity contribution is -0.134. The summed E-state index contributed by atoms with van der Waals surface area (Å²) < 4.78 is 1.74. The molecule has 0 saturated carbocycles. The first-order valence-corrected chi connectivity index (χ1v) is 4.26. The minimum atomic E-state index is -0.947. The summed E-state index contributed by atoms with van der Waals surface area (Å²) in [4.78, 5) is 22.4. The van der Waals surface area contributed by atoms with Crippen molar-refractivity contribution in [3.05, 3.63) is 12.7 Å². The number of nitrogens with zero attached hydrogens (tertiary/aromatic N) is 4. The van der Waals surface area contributed by atoms with Gasteiger partial charge in [-0.05, 0) is 0 Å². The van der Waals surface area contributed by atoms with E-state index in [1.165, 1.54) is 6.33 Å². The zero-order valence-electron chi connectivity index (χ0n) is 8.01. The molecule has 0 saturated heterocycles. The highest BCUT2D eigenvalue weighted by molar-refractivity contribution is 5.84. The Labute approximate surface area is 84.8 Å². The van der Waals surface area contributed by atoms with Crippen LogP contribution in [0.25, 0.3) is 11.2 Å². The Morgan fingerprint density at radius 2 is 2.33 bits per heavy atom. The molecule has 0 aromatic carbocycles. The topological polar surface area (TPSA) is 92.9 Å². The van der Waals surface area contributed by atoms with E-state index in [1.807, 2.05) is 7.05 Å². The van der Waals surface area contributed by atoms with Crippen LogP contribution in [0.2, 0.25) is 0 Å². The zero-order chi connectivity index (χ0) is 10.8. The number of hydrogen-bond acceptors (Lipinski definition) is 5. The molecule has 78 valence electrons. The normalized spacial score (nSPS) is 10.5. The number of nitrogens with one attached hydrogen (secondary N) is 1. The molecular formula is C8H9N5O2. The summed E-state index contributed by atoms with van der Waals surface area (Å²) in [6.07, 6.45) is 2.97. The number of carboxylic acids is 1. The van der Waals surface area contributed by atoms with E-state index < -0.39 is 5.97 Å². The van der Waals surface area contributed by atoms with Crippen LogP contribution in [0.1, 0.15) is 0 Å². The van der Waals surface area contributed by atoms with Crippen LogP contribution >= 0.6 is 0 Å². The standard InChI is InChI=1S/C8H9N5O2/c1-13-4-12-6-7(9-2-5(14)15)10-3-11-8(6)13/h3-4H,2H2,1H3,(H,14,15)(H,9,10,11). The quantitative estimate of drug-likeness (QED) is 0.727. The Balaban J connectivity index is 2.38. The van der Waals surface area contributed by atoms with Crippen LogP contribution in [0.4, 0.5) is 5.82 Å². The van der Waals surface area contributed by atoms with Crippen molar-refractivity contribution in [2.24, 2.45) is 7.05 Å². The molecule has 0 fully saturated rings. The minimum absolute atomic E-state index is 0.192. The molecule has 15 heavy (non-hydrogen) atoms. The van der Waals surface area contributed by atoms with Gasteiger partial charge in [-0.15, -0.1) is 0 Å². The van der Waals surface area contributed by atoms with E-state index >= 15 is 0 Å². The van der Waals surface area contributed by atoms with E-state index in [-0.39, 0.29) is 6.54 Å². The molecule has 7 nitrogen and oxygen atoms in total. The largest absolute Gasteiger partial charge is 0.480 e. The van der Waals surface area contributed by atoms with Crippen LogP contribution in [-0.2, 0) is 11.8 Å². The van der Waals surface area contributed by atoms with Gasteiger partial charge in [0, 0.05) is 7.05 Å². The fourth-order valence-corrected chi connectivity index (χ4v) is 1.23. The SMILES string of the molecule is Cn1cnc2c(NCC(=O)O)ncnc21. The third-order valence-corrected chi connectivity index (χ3v) is 1.90. The second-order valence-corrected chi connectivity index (χ2v) is 3.00. The van der Waals surface area contributed by atoms with Crippen LogP contribution in [0.3, 0.4) is 0 Å². The molecular weight excluding hydrogens is 198 g/mol. The van der Waals surface area contributed by atoms with Crippen molar-refractivity contribution >= 4 is 23.0 Å². The van der Waals surface area contributed by atoms with E-state index in [1.54, 1.807) is 10.9 Å². The number of aromatic nitrogens is 4. The summed E-state index contributed by atoms with van der Waals surface area (Å²) in [6.45, 7) is -0.192. The van der Waals surface area contributed by atoms with E-state index in [2.05, 4.69) is 20.3 Å². The van der Waals surface area contributed by atoms with Crippen molar-refractivity contribution in [1.29, 1.82) is 0 Å². The number of carbonyl (C=O) groups is 1. The van der Waals surface area contributed by atoms with Crippen molar-refractivity contribution in [2.45, 2.75) is 0 Å². The third-order valence-electron chi connectivity index (χ3n) is 1.90. The van der Waals surface area contributed by atoms with Gasteiger partial charge in [-0.25, -0.2) is 15.0 Å². The fraction of sp³-hybridized carbons (Fsp3) is 0.250. The average molecular weight is 207 g/mol. The van der Waals surface area contributed by atoms with Crippen molar-refractivity contribution in [1.82, 2.24) is 19.5 Å². The first-order valence-electron chi connectivity index (χ1n) is 4.26. The van der Waals surface area contributed by atoms with E-state index in [9.17, 15) is 4.79 Å². The predicted octanol–water partition coefficient (Wildman–Crippen LogP) is -0.140. The number of anilines is 1. The van der Waals surface area contributed by atoms with Crippen LogP contribution < -0.4 is 5.32 Å². The predicted molar refractivity (Wildman–Crippen MR) is 52.4 cm³/mol. The molecule has 2 N–H and O–H groups in total. The maximum Gasteiger partial charge on any atom is 0.322 e. The Hall–Kier alpha value is -2.18. The highest BCUT2D eigenvalue weighted by Crippen LogP contribution is 2.15. The van der Waals surface area contributed by atoms with Gasteiger partial charge in [-0.1, -0.05) is 0 Å². The van der Waals surface area contributed by atoms with E-state index in [0.717, 1.165) is 0 Å². The number of carboxylic acid groups (broad SMARTS) is 1. The average Bonchev–Trinajstić information content (AvgIpc) is 2.58. The summed E-state index contributed by atoms with van der Waals surface area (Å²) in [6, 6.07) is 0. The van der Waals surface area contributed by atoms with Gasteiger partial charge in [-0.3, -0.25) is 4.79 Å². The van der Waals surface area contributed by atoms with Gasteiger partial charge in [0.2, 0.25) is 0 Å². The Bertz CT molecular complexity index is 507. The smallest absolute Gasteiger partial charge is 0.322 e. The molecule has 0 atom stereocenters. The van der Waals surface area contributed by atoms with Gasteiger partial charge in [0.15, 0.2) is 11.5 Å². The number of imidazole rings is 1. The monoisotopic (exact) mass is 207 g/mol. The Morgan fingerprint density at radius 3 is 3.07 bits per heavy atom. The molecule has 0 amide bonds. The lowest BCUT2D eigenvalue weighted by Crippen LogP contribution is -2.13. The van der Waals surface area contributed by atoms with Gasteiger partial charge < -0.3 is 15.0 Å². The third kappa shape index (κ3) is 1.71. The van der Waals surface area contributed by atoms with Crippen molar-refractivity contribution < 1.29 is 9.90 Å². The molecule has 2 rings (SSSR count). The molecule has 2 heterocycles. The van der Waals surface area contributed by atoms with Crippen molar-refractivity contribution in [3.8, 4) is 0 Å². The summed E-state index contributed by atoms with van der Waals surface area (Å²) >= 11 is 0. The van der Waals surface area contributed by atoms with Gasteiger partial charge >= 0.3 is 5.97 Å². The van der Waals surface area contributed by atoms with E-state index in [4.69, 9.17) is 5.11 Å². The van der Waals surface area contributed by atoms with Crippen molar-refractivity contribution in [2.75, 3.05) is 11.9 Å². The number of aliphatic carboxylic acids is 1. The Kier molecular flexibility index (Phi) is 2.20. The number of rotatable bonds is 3. The number of fused-ring (bicyclic) bond motifs is 1. The summed E-state index contributed by atoms with van der Waals surface area (Å²) in [5, 5.41) is 11.2. The molecule has 2 aromatic rings. The lowest BCUT2D eigenvalue weighted by atomic mass is 10.5. The molecule has 0 aliphatic carbocycles. The van der Waals surface area contributed by atoms with Gasteiger partial charge in [0.25, 0.3) is 0 Å². The maximum atomic E-state index is 10.4. The molecule has 0 aliphatic rings. The zero-order valence-corrected chi connectivity index (χ0v) is 8.01. The van der Waals surface area contributed by atoms with Gasteiger partial charge in [-0.2, -0.15) is 0 Å². The number of aryl methyl sites for hydroxylation is 1. The molecule has 7 heteroatoms. The second-order valence-electron chi connectivity index (χ2n) is 3.00. The molecule has 0 unspecified atom stereocenters. The van der Waals surface area contributed by atoms with Crippen molar-refractivity contribution in [3.63, 3.8) is 0 Å². The van der Waals surface area contributed by atoms with Crippen LogP contribution in [0.15, 0.2) is 12.7 Å². The van der Waals surface area contributed by atoms with Gasteiger partial charge in [0.1, 0.15) is 18.4 Å². The van der Waals surface area contributed by atoms with E-state index in [0.29, 0.717) is 17.0 Å². The maximum absolute atomic E-state index is 10.4. The molecule has 0 spiro atoms. The highest BCUT2D eigenvalue weighted by Gasteiger charge is 2.08. The fourth-order valence-electron chi connectivity index (χ4n) is 1.23. The number of hydrogen-bond donors (Lipinski definition) is 2. The van der Waals surface area contributed by atoms with Gasteiger partial charge in [0.05, 0.1) is 6.33 Å². The first-order chi connectivity index (χ1) is 7.18. The Morgan fingerprint density at radius 1 is 1.53 bits per heavy atom. The second kappa shape index (κ2) is 3.52. The molecule has 0 radical (unpaired) electrons. The first kappa shape index (κ1) is 9.38. The summed E-state index contributed by atoms with van der Waals surface area (Å²) in [5.74, 6) is -0.513.